The first-order valence-corrected chi connectivity index (χ1v) is 7.60. The lowest BCUT2D eigenvalue weighted by Gasteiger charge is -2.30. The lowest BCUT2D eigenvalue weighted by molar-refractivity contribution is 0.601. The number of anilines is 1. The first-order valence-electron chi connectivity index (χ1n) is 7.60. The highest BCUT2D eigenvalue weighted by atomic mass is 15.1. The fourth-order valence-electron chi connectivity index (χ4n) is 2.76. The molecule has 1 aliphatic rings. The number of nitrogens with zero attached hydrogens (tertiary/aromatic N) is 1. The molecule has 0 bridgehead atoms. The van der Waals surface area contributed by atoms with Crippen LogP contribution in [0.25, 0.3) is 0 Å². The molecule has 1 aromatic carbocycles. The van der Waals surface area contributed by atoms with Gasteiger partial charge in [0.15, 0.2) is 0 Å². The van der Waals surface area contributed by atoms with Gasteiger partial charge in [-0.25, -0.2) is 0 Å². The predicted octanol–water partition coefficient (Wildman–Crippen LogP) is 3.51. The van der Waals surface area contributed by atoms with E-state index < -0.39 is 0 Å². The molecule has 0 saturated heterocycles. The van der Waals surface area contributed by atoms with Crippen LogP contribution in [0, 0.1) is 12.8 Å². The Morgan fingerprint density at radius 2 is 2.05 bits per heavy atom. The van der Waals surface area contributed by atoms with Gasteiger partial charge in [0.2, 0.25) is 0 Å². The molecular weight excluding hydrogens is 232 g/mol. The first-order chi connectivity index (χ1) is 9.02. The van der Waals surface area contributed by atoms with E-state index in [1.807, 2.05) is 0 Å². The summed E-state index contributed by atoms with van der Waals surface area (Å²) in [4.78, 5) is 2.45. The summed E-state index contributed by atoms with van der Waals surface area (Å²) < 4.78 is 0. The molecule has 1 saturated carbocycles. The van der Waals surface area contributed by atoms with Crippen LogP contribution in [0.1, 0.15) is 44.2 Å². The molecule has 0 aliphatic heterocycles. The van der Waals surface area contributed by atoms with Gasteiger partial charge in [0.1, 0.15) is 0 Å². The summed E-state index contributed by atoms with van der Waals surface area (Å²) >= 11 is 0. The fraction of sp³-hybridized carbons (Fsp3) is 0.647. The van der Waals surface area contributed by atoms with Crippen molar-refractivity contribution in [3.8, 4) is 0 Å². The Balaban J connectivity index is 2.22. The number of hydrogen-bond donors (Lipinski definition) is 1. The van der Waals surface area contributed by atoms with Gasteiger partial charge in [0.25, 0.3) is 0 Å². The van der Waals surface area contributed by atoms with Gasteiger partial charge in [-0.2, -0.15) is 0 Å². The van der Waals surface area contributed by atoms with E-state index in [1.54, 1.807) is 0 Å². The van der Waals surface area contributed by atoms with E-state index in [2.05, 4.69) is 50.9 Å². The second-order valence-electron chi connectivity index (χ2n) is 6.19. The highest BCUT2D eigenvalue weighted by Crippen LogP contribution is 2.37. The highest BCUT2D eigenvalue weighted by molar-refractivity contribution is 5.55. The van der Waals surface area contributed by atoms with E-state index in [0.29, 0.717) is 6.04 Å². The van der Waals surface area contributed by atoms with Crippen LogP contribution < -0.4 is 10.6 Å². The molecule has 2 unspecified atom stereocenters. The Kier molecular flexibility index (Phi) is 4.51. The molecule has 2 N–H and O–H groups in total. The minimum atomic E-state index is 0.269. The van der Waals surface area contributed by atoms with Crippen LogP contribution in [-0.2, 0) is 6.42 Å². The highest BCUT2D eigenvalue weighted by Gasteiger charge is 2.31. The summed E-state index contributed by atoms with van der Waals surface area (Å²) in [6, 6.07) is 7.70. The Labute approximate surface area is 118 Å². The van der Waals surface area contributed by atoms with E-state index in [1.165, 1.54) is 29.7 Å². The smallest absolute Gasteiger partial charge is 0.0399 e. The van der Waals surface area contributed by atoms with Crippen LogP contribution in [-0.4, -0.2) is 19.1 Å². The Bertz CT molecular complexity index is 423. The average molecular weight is 260 g/mol. The van der Waals surface area contributed by atoms with Crippen LogP contribution in [0.3, 0.4) is 0 Å². The topological polar surface area (TPSA) is 29.3 Å². The molecular formula is C17H28N2. The quantitative estimate of drug-likeness (QED) is 0.848. The molecule has 106 valence electrons. The molecule has 0 amide bonds. The van der Waals surface area contributed by atoms with E-state index in [0.717, 1.165) is 18.8 Å². The van der Waals surface area contributed by atoms with Gasteiger partial charge >= 0.3 is 0 Å². The summed E-state index contributed by atoms with van der Waals surface area (Å²) in [7, 11) is 2.23. The second-order valence-corrected chi connectivity index (χ2v) is 6.19. The largest absolute Gasteiger partial charge is 0.371 e. The lowest BCUT2D eigenvalue weighted by atomic mass is 9.99. The van der Waals surface area contributed by atoms with Crippen molar-refractivity contribution in [2.24, 2.45) is 11.7 Å². The Morgan fingerprint density at radius 1 is 1.37 bits per heavy atom. The Hall–Kier alpha value is -1.02. The number of nitrogens with two attached hydrogens (primary N) is 1. The van der Waals surface area contributed by atoms with Crippen molar-refractivity contribution in [1.29, 1.82) is 0 Å². The first kappa shape index (κ1) is 14.4. The average Bonchev–Trinajstić information content (AvgIpc) is 3.21. The normalized spacial score (nSPS) is 18.2. The van der Waals surface area contributed by atoms with Gasteiger partial charge in [-0.3, -0.25) is 0 Å². The molecule has 0 heterocycles. The van der Waals surface area contributed by atoms with Crippen molar-refractivity contribution in [3.63, 3.8) is 0 Å². The number of aryl methyl sites for hydroxylation is 1. The van der Waals surface area contributed by atoms with E-state index in [9.17, 15) is 0 Å². The summed E-state index contributed by atoms with van der Waals surface area (Å²) in [5.41, 5.74) is 10.3. The maximum absolute atomic E-state index is 6.15. The summed E-state index contributed by atoms with van der Waals surface area (Å²) in [5, 5.41) is 0. The van der Waals surface area contributed by atoms with Crippen molar-refractivity contribution in [2.45, 2.75) is 58.5 Å². The minimum Gasteiger partial charge on any atom is -0.371 e. The van der Waals surface area contributed by atoms with E-state index in [4.69, 9.17) is 5.73 Å². The van der Waals surface area contributed by atoms with E-state index >= 15 is 0 Å². The second kappa shape index (κ2) is 5.96. The van der Waals surface area contributed by atoms with Crippen LogP contribution in [0.4, 0.5) is 5.69 Å². The van der Waals surface area contributed by atoms with Crippen molar-refractivity contribution < 1.29 is 0 Å². The lowest BCUT2D eigenvalue weighted by Crippen LogP contribution is -2.32. The zero-order chi connectivity index (χ0) is 14.0. The van der Waals surface area contributed by atoms with Gasteiger partial charge < -0.3 is 10.6 Å². The zero-order valence-electron chi connectivity index (χ0n) is 12.8. The number of hydrogen-bond acceptors (Lipinski definition) is 2. The SMILES string of the molecule is CCC(N)Cc1cc(C)ccc1N(C)C(C)C1CC1. The van der Waals surface area contributed by atoms with Gasteiger partial charge in [0, 0.05) is 24.8 Å². The van der Waals surface area contributed by atoms with Gasteiger partial charge in [-0.1, -0.05) is 24.6 Å². The van der Waals surface area contributed by atoms with Crippen LogP contribution in [0.15, 0.2) is 18.2 Å². The van der Waals surface area contributed by atoms with Crippen molar-refractivity contribution in [3.05, 3.63) is 29.3 Å². The van der Waals surface area contributed by atoms with E-state index in [-0.39, 0.29) is 6.04 Å². The number of benzene rings is 1. The minimum absolute atomic E-state index is 0.269. The summed E-state index contributed by atoms with van der Waals surface area (Å²) in [6.45, 7) is 6.67. The maximum atomic E-state index is 6.15. The molecule has 2 heteroatoms. The number of rotatable bonds is 6. The summed E-state index contributed by atoms with van der Waals surface area (Å²) in [6.07, 6.45) is 4.80. The molecule has 19 heavy (non-hydrogen) atoms. The molecule has 0 radical (unpaired) electrons. The molecule has 2 nitrogen and oxygen atoms in total. The van der Waals surface area contributed by atoms with Crippen LogP contribution in [0.2, 0.25) is 0 Å². The van der Waals surface area contributed by atoms with Gasteiger partial charge in [-0.15, -0.1) is 0 Å². The van der Waals surface area contributed by atoms with Crippen molar-refractivity contribution in [1.82, 2.24) is 0 Å². The molecule has 2 rings (SSSR count). The van der Waals surface area contributed by atoms with Crippen LogP contribution >= 0.6 is 0 Å². The molecule has 1 aliphatic carbocycles. The molecule has 0 spiro atoms. The van der Waals surface area contributed by atoms with Crippen LogP contribution in [0.5, 0.6) is 0 Å². The molecule has 2 atom stereocenters. The molecule has 1 fully saturated rings. The third kappa shape index (κ3) is 3.50. The third-order valence-electron chi connectivity index (χ3n) is 4.54. The Morgan fingerprint density at radius 3 is 2.63 bits per heavy atom. The summed E-state index contributed by atoms with van der Waals surface area (Å²) in [5.74, 6) is 0.888. The third-order valence-corrected chi connectivity index (χ3v) is 4.54. The monoisotopic (exact) mass is 260 g/mol. The van der Waals surface area contributed by atoms with Gasteiger partial charge in [0.05, 0.1) is 0 Å². The predicted molar refractivity (Wildman–Crippen MR) is 83.7 cm³/mol. The molecule has 1 aromatic rings. The molecule has 0 aromatic heterocycles. The zero-order valence-corrected chi connectivity index (χ0v) is 12.8. The standard InChI is InChI=1S/C17H28N2/c1-5-16(18)11-15-10-12(2)6-9-17(15)19(4)13(3)14-7-8-14/h6,9-10,13-14,16H,5,7-8,11,18H2,1-4H3. The van der Waals surface area contributed by atoms with Crippen molar-refractivity contribution in [2.75, 3.05) is 11.9 Å². The van der Waals surface area contributed by atoms with Crippen molar-refractivity contribution >= 4 is 5.69 Å². The van der Waals surface area contributed by atoms with Gasteiger partial charge in [-0.05, 0) is 57.1 Å². The maximum Gasteiger partial charge on any atom is 0.0399 e. The fourth-order valence-corrected chi connectivity index (χ4v) is 2.76.